The number of hydrogen-bond donors (Lipinski definition) is 1. The molecule has 5 heteroatoms. The number of anilines is 1. The molecule has 0 bridgehead atoms. The number of nitrogens with zero attached hydrogens (tertiary/aromatic N) is 1. The molecule has 0 fully saturated rings. The van der Waals surface area contributed by atoms with Crippen LogP contribution in [-0.2, 0) is 12.8 Å². The molecule has 2 aromatic carbocycles. The summed E-state index contributed by atoms with van der Waals surface area (Å²) in [6.45, 7) is 4.27. The van der Waals surface area contributed by atoms with Crippen molar-refractivity contribution in [2.75, 3.05) is 5.32 Å². The summed E-state index contributed by atoms with van der Waals surface area (Å²) in [5.41, 5.74) is 5.75. The first-order valence-corrected chi connectivity index (χ1v) is 11.3. The third kappa shape index (κ3) is 3.98. The van der Waals surface area contributed by atoms with Crippen LogP contribution in [0.4, 0.5) is 5.69 Å². The van der Waals surface area contributed by atoms with Crippen LogP contribution in [0.2, 0.25) is 0 Å². The van der Waals surface area contributed by atoms with Gasteiger partial charge in [-0.1, -0.05) is 55.5 Å². The number of benzene rings is 2. The number of hydrogen-bond acceptors (Lipinski definition) is 3. The molecule has 1 atom stereocenters. The quantitative estimate of drug-likeness (QED) is 0.364. The average Bonchev–Trinajstić information content (AvgIpc) is 3.10. The van der Waals surface area contributed by atoms with Crippen molar-refractivity contribution >= 4 is 45.6 Å². The van der Waals surface area contributed by atoms with Crippen molar-refractivity contribution in [3.05, 3.63) is 82.4 Å². The fraction of sp³-hybridized carbons (Fsp3) is 0.231. The fourth-order valence-electron chi connectivity index (χ4n) is 4.47. The van der Waals surface area contributed by atoms with Crippen LogP contribution in [0.5, 0.6) is 0 Å². The van der Waals surface area contributed by atoms with E-state index in [-0.39, 0.29) is 18.3 Å². The molecule has 1 aliphatic carbocycles. The van der Waals surface area contributed by atoms with Gasteiger partial charge < -0.3 is 5.32 Å². The Morgan fingerprint density at radius 1 is 1.06 bits per heavy atom. The molecule has 2 aromatic heterocycles. The highest BCUT2D eigenvalue weighted by Gasteiger charge is 2.27. The van der Waals surface area contributed by atoms with Crippen molar-refractivity contribution in [3.63, 3.8) is 0 Å². The monoisotopic (exact) mass is 448 g/mol. The van der Waals surface area contributed by atoms with Crippen LogP contribution in [0.25, 0.3) is 21.3 Å². The molecule has 3 nitrogen and oxygen atoms in total. The largest absolute Gasteiger partial charge is 0.322 e. The summed E-state index contributed by atoms with van der Waals surface area (Å²) in [7, 11) is 0. The molecule has 31 heavy (non-hydrogen) atoms. The molecule has 0 spiro atoms. The Kier molecular flexibility index (Phi) is 6.12. The highest BCUT2D eigenvalue weighted by molar-refractivity contribution is 7.19. The van der Waals surface area contributed by atoms with Gasteiger partial charge in [0.1, 0.15) is 4.83 Å². The molecular weight excluding hydrogens is 424 g/mol. The summed E-state index contributed by atoms with van der Waals surface area (Å²) in [6.07, 6.45) is 3.35. The lowest BCUT2D eigenvalue weighted by Gasteiger charge is -2.19. The van der Waals surface area contributed by atoms with Gasteiger partial charge >= 0.3 is 0 Å². The van der Waals surface area contributed by atoms with Crippen LogP contribution in [0, 0.1) is 12.8 Å². The highest BCUT2D eigenvalue weighted by Crippen LogP contribution is 2.44. The molecule has 1 aliphatic rings. The minimum absolute atomic E-state index is 0. The zero-order valence-corrected chi connectivity index (χ0v) is 19.3. The van der Waals surface area contributed by atoms with Crippen LogP contribution >= 0.6 is 23.7 Å². The van der Waals surface area contributed by atoms with Gasteiger partial charge in [-0.3, -0.25) is 4.79 Å². The number of aryl methyl sites for hydroxylation is 2. The van der Waals surface area contributed by atoms with Gasteiger partial charge in [0.15, 0.2) is 0 Å². The topological polar surface area (TPSA) is 42.0 Å². The van der Waals surface area contributed by atoms with E-state index in [4.69, 9.17) is 4.98 Å². The predicted molar refractivity (Wildman–Crippen MR) is 133 cm³/mol. The average molecular weight is 449 g/mol. The van der Waals surface area contributed by atoms with Crippen molar-refractivity contribution in [1.29, 1.82) is 0 Å². The summed E-state index contributed by atoms with van der Waals surface area (Å²) in [6, 6.07) is 19.9. The van der Waals surface area contributed by atoms with Crippen LogP contribution in [0.15, 0.2) is 60.7 Å². The first-order valence-electron chi connectivity index (χ1n) is 10.5. The maximum absolute atomic E-state index is 13.5. The van der Waals surface area contributed by atoms with E-state index < -0.39 is 0 Å². The zero-order chi connectivity index (χ0) is 20.7. The lowest BCUT2D eigenvalue weighted by atomic mass is 9.86. The fourth-order valence-corrected chi connectivity index (χ4v) is 5.91. The summed E-state index contributed by atoms with van der Waals surface area (Å²) in [5, 5.41) is 4.26. The van der Waals surface area contributed by atoms with Crippen LogP contribution in [-0.4, -0.2) is 10.9 Å². The Morgan fingerprint density at radius 3 is 2.45 bits per heavy atom. The molecule has 1 amide bonds. The van der Waals surface area contributed by atoms with Crippen molar-refractivity contribution in [3.8, 4) is 11.1 Å². The maximum Gasteiger partial charge on any atom is 0.258 e. The Morgan fingerprint density at radius 2 is 1.74 bits per heavy atom. The third-order valence-electron chi connectivity index (χ3n) is 5.95. The highest BCUT2D eigenvalue weighted by atomic mass is 35.5. The molecular formula is C26H25ClN2OS. The van der Waals surface area contributed by atoms with Gasteiger partial charge in [0.05, 0.1) is 11.3 Å². The maximum atomic E-state index is 13.5. The second-order valence-corrected chi connectivity index (χ2v) is 9.25. The Bertz CT molecular complexity index is 1230. The number of aromatic nitrogens is 1. The van der Waals surface area contributed by atoms with Crippen molar-refractivity contribution in [2.45, 2.75) is 33.1 Å². The molecule has 0 aliphatic heterocycles. The second kappa shape index (κ2) is 8.81. The minimum atomic E-state index is -0.101. The molecule has 158 valence electrons. The smallest absolute Gasteiger partial charge is 0.258 e. The van der Waals surface area contributed by atoms with E-state index in [0.29, 0.717) is 11.5 Å². The molecule has 1 unspecified atom stereocenters. The van der Waals surface area contributed by atoms with Gasteiger partial charge in [0.25, 0.3) is 5.91 Å². The van der Waals surface area contributed by atoms with Crippen LogP contribution in [0.1, 0.15) is 39.8 Å². The van der Waals surface area contributed by atoms with E-state index in [0.717, 1.165) is 40.2 Å². The Balaban J connectivity index is 0.00000231. The van der Waals surface area contributed by atoms with Crippen molar-refractivity contribution < 1.29 is 4.79 Å². The number of thiophene rings is 1. The standard InChI is InChI=1S/C26H24N2OS.ClH/c1-16-13-14-20-21(15-16)30-26-24(20)23(18-9-5-3-6-10-18)22(17(2)27-26)25(29)28-19-11-7-4-8-12-19;/h3-12,16H,13-15H2,1-2H3,(H,28,29);1H. The van der Waals surface area contributed by atoms with Gasteiger partial charge in [-0.25, -0.2) is 4.98 Å². The number of amides is 1. The summed E-state index contributed by atoms with van der Waals surface area (Å²) in [4.78, 5) is 20.9. The lowest BCUT2D eigenvalue weighted by molar-refractivity contribution is 0.102. The first-order chi connectivity index (χ1) is 14.6. The van der Waals surface area contributed by atoms with Gasteiger partial charge in [-0.05, 0) is 55.4 Å². The van der Waals surface area contributed by atoms with E-state index in [2.05, 4.69) is 24.4 Å². The van der Waals surface area contributed by atoms with Crippen molar-refractivity contribution in [1.82, 2.24) is 4.98 Å². The molecule has 5 rings (SSSR count). The molecule has 0 saturated carbocycles. The second-order valence-electron chi connectivity index (χ2n) is 8.17. The van der Waals surface area contributed by atoms with Gasteiger partial charge in [-0.15, -0.1) is 23.7 Å². The number of pyridine rings is 1. The van der Waals surface area contributed by atoms with E-state index in [1.54, 1.807) is 0 Å². The van der Waals surface area contributed by atoms with E-state index in [9.17, 15) is 4.79 Å². The van der Waals surface area contributed by atoms with Gasteiger partial charge in [0, 0.05) is 21.5 Å². The number of carbonyl (C=O) groups excluding carboxylic acids is 1. The Labute approximate surface area is 193 Å². The summed E-state index contributed by atoms with van der Waals surface area (Å²) >= 11 is 1.81. The van der Waals surface area contributed by atoms with Crippen molar-refractivity contribution in [2.24, 2.45) is 5.92 Å². The zero-order valence-electron chi connectivity index (χ0n) is 17.6. The molecule has 2 heterocycles. The molecule has 0 radical (unpaired) electrons. The normalized spacial score (nSPS) is 15.2. The van der Waals surface area contributed by atoms with Crippen LogP contribution in [0.3, 0.4) is 0 Å². The summed E-state index contributed by atoms with van der Waals surface area (Å²) in [5.74, 6) is 0.601. The number of halogens is 1. The number of rotatable bonds is 3. The van der Waals surface area contributed by atoms with E-state index in [1.807, 2.05) is 66.8 Å². The summed E-state index contributed by atoms with van der Waals surface area (Å²) < 4.78 is 0. The molecule has 4 aromatic rings. The van der Waals surface area contributed by atoms with E-state index in [1.165, 1.54) is 22.2 Å². The number of fused-ring (bicyclic) bond motifs is 3. The molecule has 0 saturated heterocycles. The minimum Gasteiger partial charge on any atom is -0.322 e. The Hall–Kier alpha value is -2.69. The predicted octanol–water partition coefficient (Wildman–Crippen LogP) is 7.07. The number of nitrogens with one attached hydrogen (secondary N) is 1. The SMILES string of the molecule is Cc1nc2sc3c(c2c(-c2ccccc2)c1C(=O)Nc1ccccc1)CCC(C)C3.Cl. The van der Waals surface area contributed by atoms with Gasteiger partial charge in [-0.2, -0.15) is 0 Å². The van der Waals surface area contributed by atoms with Gasteiger partial charge in [0.2, 0.25) is 0 Å². The van der Waals surface area contributed by atoms with E-state index >= 15 is 0 Å². The molecule has 1 N–H and O–H groups in total. The first kappa shape index (κ1) is 21.5. The van der Waals surface area contributed by atoms with Crippen LogP contribution < -0.4 is 5.32 Å². The lowest BCUT2D eigenvalue weighted by Crippen LogP contribution is -2.16. The third-order valence-corrected chi connectivity index (χ3v) is 7.09. The number of carbonyl (C=O) groups is 1. The number of para-hydroxylation sites is 1.